The van der Waals surface area contributed by atoms with Crippen LogP contribution >= 0.6 is 0 Å². The van der Waals surface area contributed by atoms with Gasteiger partial charge in [-0.2, -0.15) is 0 Å². The zero-order valence-electron chi connectivity index (χ0n) is 13.8. The van der Waals surface area contributed by atoms with Crippen LogP contribution in [-0.4, -0.2) is 39.6 Å². The Labute approximate surface area is 135 Å². The van der Waals surface area contributed by atoms with Crippen molar-refractivity contribution in [3.8, 4) is 0 Å². The molecule has 2 N–H and O–H groups in total. The van der Waals surface area contributed by atoms with Crippen LogP contribution in [0.25, 0.3) is 0 Å². The van der Waals surface area contributed by atoms with Crippen LogP contribution in [0, 0.1) is 17.3 Å². The minimum absolute atomic E-state index is 0.0259. The van der Waals surface area contributed by atoms with Crippen molar-refractivity contribution >= 4 is 17.7 Å². The highest BCUT2D eigenvalue weighted by atomic mass is 16.5. The number of aliphatic hydroxyl groups is 1. The van der Waals surface area contributed by atoms with E-state index in [1.165, 1.54) is 13.8 Å². The Hall–Kier alpha value is -1.69. The number of carbonyl (C=O) groups is 3. The van der Waals surface area contributed by atoms with Crippen LogP contribution in [0.15, 0.2) is 12.2 Å². The number of ether oxygens (including phenoxy) is 1. The van der Waals surface area contributed by atoms with Crippen LogP contribution in [0.2, 0.25) is 0 Å². The minimum atomic E-state index is -1.55. The normalized spacial score (nSPS) is 40.2. The molecule has 0 radical (unpaired) electrons. The first-order chi connectivity index (χ1) is 10.5. The second-order valence-corrected chi connectivity index (χ2v) is 7.23. The van der Waals surface area contributed by atoms with Crippen LogP contribution in [0.5, 0.6) is 0 Å². The van der Waals surface area contributed by atoms with E-state index in [0.29, 0.717) is 19.3 Å². The summed E-state index contributed by atoms with van der Waals surface area (Å²) in [5.41, 5.74) is -2.08. The summed E-state index contributed by atoms with van der Waals surface area (Å²) >= 11 is 0. The molecule has 23 heavy (non-hydrogen) atoms. The van der Waals surface area contributed by atoms with Crippen molar-refractivity contribution < 1.29 is 29.3 Å². The predicted octanol–water partition coefficient (Wildman–Crippen LogP) is 1.71. The predicted molar refractivity (Wildman–Crippen MR) is 81.5 cm³/mol. The summed E-state index contributed by atoms with van der Waals surface area (Å²) in [6.07, 6.45) is 0.888. The quantitative estimate of drug-likeness (QED) is 0.605. The van der Waals surface area contributed by atoms with Gasteiger partial charge in [0.05, 0.1) is 0 Å². The molecule has 0 bridgehead atoms. The fourth-order valence-corrected chi connectivity index (χ4v) is 4.28. The molecular formula is C17H24O6. The molecule has 2 aliphatic rings. The molecule has 2 fully saturated rings. The Morgan fingerprint density at radius 3 is 2.43 bits per heavy atom. The molecule has 0 aromatic heterocycles. The Morgan fingerprint density at radius 2 is 1.91 bits per heavy atom. The van der Waals surface area contributed by atoms with Crippen molar-refractivity contribution in [2.75, 3.05) is 0 Å². The van der Waals surface area contributed by atoms with Crippen LogP contribution in [0.3, 0.4) is 0 Å². The lowest BCUT2D eigenvalue weighted by Crippen LogP contribution is -2.61. The molecule has 0 heterocycles. The van der Waals surface area contributed by atoms with Gasteiger partial charge in [-0.05, 0) is 32.1 Å². The number of esters is 1. The molecular weight excluding hydrogens is 300 g/mol. The van der Waals surface area contributed by atoms with Gasteiger partial charge in [-0.25, -0.2) is 4.79 Å². The van der Waals surface area contributed by atoms with Crippen molar-refractivity contribution in [2.45, 2.75) is 58.2 Å². The number of hydrogen-bond acceptors (Lipinski definition) is 5. The van der Waals surface area contributed by atoms with E-state index in [2.05, 4.69) is 6.58 Å². The molecule has 2 aliphatic carbocycles. The van der Waals surface area contributed by atoms with Gasteiger partial charge in [-0.3, -0.25) is 9.59 Å². The average Bonchev–Trinajstić information content (AvgIpc) is 2.44. The van der Waals surface area contributed by atoms with Crippen molar-refractivity contribution in [1.29, 1.82) is 0 Å². The van der Waals surface area contributed by atoms with Gasteiger partial charge in [-0.15, -0.1) is 0 Å². The highest BCUT2D eigenvalue weighted by Crippen LogP contribution is 2.56. The number of ketones is 1. The molecule has 6 heteroatoms. The molecule has 0 aliphatic heterocycles. The Balaban J connectivity index is 2.42. The van der Waals surface area contributed by atoms with Gasteiger partial charge in [0.25, 0.3) is 0 Å². The average molecular weight is 324 g/mol. The first-order valence-electron chi connectivity index (χ1n) is 7.85. The summed E-state index contributed by atoms with van der Waals surface area (Å²) in [6, 6.07) is 0. The van der Waals surface area contributed by atoms with Gasteiger partial charge in [0.1, 0.15) is 11.7 Å². The standard InChI is InChI=1S/C17H24O6/c1-9(15(20)21)11-7-12-16(3,14(8-11)23-10(2)18)6-5-13(19)17(12,4)22/h11-12,14,22H,1,5-8H2,2-4H3,(H,20,21)/t11-,12?,14?,16?,17-/m0/s1. The van der Waals surface area contributed by atoms with Crippen molar-refractivity contribution in [2.24, 2.45) is 17.3 Å². The Morgan fingerprint density at radius 1 is 1.30 bits per heavy atom. The van der Waals surface area contributed by atoms with Gasteiger partial charge in [0.15, 0.2) is 5.78 Å². The van der Waals surface area contributed by atoms with E-state index >= 15 is 0 Å². The van der Waals surface area contributed by atoms with Gasteiger partial charge in [-0.1, -0.05) is 13.5 Å². The number of rotatable bonds is 3. The highest BCUT2D eigenvalue weighted by Gasteiger charge is 2.60. The third-order valence-electron chi connectivity index (χ3n) is 5.76. The number of aliphatic carboxylic acids is 1. The Bertz CT molecular complexity index is 563. The third kappa shape index (κ3) is 2.92. The van der Waals surface area contributed by atoms with Crippen LogP contribution in [-0.2, 0) is 19.1 Å². The summed E-state index contributed by atoms with van der Waals surface area (Å²) in [5.74, 6) is -2.72. The molecule has 0 saturated heterocycles. The lowest BCUT2D eigenvalue weighted by Gasteiger charge is -2.56. The first-order valence-corrected chi connectivity index (χ1v) is 7.85. The number of carboxylic acid groups (broad SMARTS) is 1. The Kier molecular flexibility index (Phi) is 4.41. The van der Waals surface area contributed by atoms with Crippen molar-refractivity contribution in [3.05, 3.63) is 12.2 Å². The van der Waals surface area contributed by atoms with E-state index in [1.54, 1.807) is 0 Å². The molecule has 0 amide bonds. The molecule has 5 atom stereocenters. The summed E-state index contributed by atoms with van der Waals surface area (Å²) in [6.45, 7) is 8.31. The first kappa shape index (κ1) is 17.7. The van der Waals surface area contributed by atoms with Gasteiger partial charge in [0.2, 0.25) is 0 Å². The summed E-state index contributed by atoms with van der Waals surface area (Å²) in [7, 11) is 0. The van der Waals surface area contributed by atoms with E-state index in [-0.39, 0.29) is 17.8 Å². The van der Waals surface area contributed by atoms with Crippen molar-refractivity contribution in [3.63, 3.8) is 0 Å². The third-order valence-corrected chi connectivity index (χ3v) is 5.76. The van der Waals surface area contributed by atoms with Crippen molar-refractivity contribution in [1.82, 2.24) is 0 Å². The minimum Gasteiger partial charge on any atom is -0.478 e. The van der Waals surface area contributed by atoms with Crippen LogP contribution in [0.1, 0.15) is 46.5 Å². The van der Waals surface area contributed by atoms with E-state index in [1.807, 2.05) is 6.92 Å². The largest absolute Gasteiger partial charge is 0.478 e. The number of Topliss-reactive ketones (excluding diaryl/α,β-unsaturated/α-hetero) is 1. The number of carboxylic acids is 1. The van der Waals surface area contributed by atoms with Gasteiger partial charge in [0, 0.05) is 30.3 Å². The molecule has 3 unspecified atom stereocenters. The summed E-state index contributed by atoms with van der Waals surface area (Å²) in [4.78, 5) is 34.9. The fourth-order valence-electron chi connectivity index (χ4n) is 4.28. The van der Waals surface area contributed by atoms with Gasteiger partial charge < -0.3 is 14.9 Å². The molecule has 0 aromatic carbocycles. The lowest BCUT2D eigenvalue weighted by molar-refractivity contribution is -0.193. The van der Waals surface area contributed by atoms with E-state index in [9.17, 15) is 24.6 Å². The second kappa shape index (κ2) is 5.74. The van der Waals surface area contributed by atoms with E-state index in [0.717, 1.165) is 0 Å². The summed E-state index contributed by atoms with van der Waals surface area (Å²) in [5, 5.41) is 19.9. The zero-order valence-corrected chi connectivity index (χ0v) is 13.8. The molecule has 128 valence electrons. The maximum Gasteiger partial charge on any atom is 0.331 e. The number of fused-ring (bicyclic) bond motifs is 1. The van der Waals surface area contributed by atoms with Crippen LogP contribution in [0.4, 0.5) is 0 Å². The smallest absolute Gasteiger partial charge is 0.331 e. The van der Waals surface area contributed by atoms with E-state index in [4.69, 9.17) is 4.74 Å². The molecule has 0 spiro atoms. The van der Waals surface area contributed by atoms with Gasteiger partial charge >= 0.3 is 11.9 Å². The molecule has 2 saturated carbocycles. The second-order valence-electron chi connectivity index (χ2n) is 7.23. The highest BCUT2D eigenvalue weighted by molar-refractivity contribution is 5.89. The molecule has 0 aromatic rings. The SMILES string of the molecule is C=C(C(=O)O)[C@@H]1CC(OC(C)=O)C2(C)CCC(=O)[C@@](C)(O)C2C1. The zero-order chi connectivity index (χ0) is 17.6. The maximum atomic E-state index is 12.2. The topological polar surface area (TPSA) is 101 Å². The maximum absolute atomic E-state index is 12.2. The molecule has 6 nitrogen and oxygen atoms in total. The van der Waals surface area contributed by atoms with E-state index < -0.39 is 40.9 Å². The number of carbonyl (C=O) groups excluding carboxylic acids is 2. The summed E-state index contributed by atoms with van der Waals surface area (Å²) < 4.78 is 5.46. The van der Waals surface area contributed by atoms with Crippen LogP contribution < -0.4 is 0 Å². The monoisotopic (exact) mass is 324 g/mol. The molecule has 2 rings (SSSR count). The fraction of sp³-hybridized carbons (Fsp3) is 0.706. The number of hydrogen-bond donors (Lipinski definition) is 2. The lowest BCUT2D eigenvalue weighted by atomic mass is 9.51.